The Hall–Kier alpha value is -3.01. The normalized spacial score (nSPS) is 11.1. The summed E-state index contributed by atoms with van der Waals surface area (Å²) in [6, 6.07) is 21.1. The van der Waals surface area contributed by atoms with E-state index in [2.05, 4.69) is 107 Å². The summed E-state index contributed by atoms with van der Waals surface area (Å²) in [6.45, 7) is 0. The average Bonchev–Trinajstić information content (AvgIpc) is 2.93. The van der Waals surface area contributed by atoms with E-state index in [1.54, 1.807) is 0 Å². The molecule has 0 fully saturated rings. The molecule has 0 bridgehead atoms. The van der Waals surface area contributed by atoms with Gasteiger partial charge in [-0.1, -0.05) is 12.1 Å². The summed E-state index contributed by atoms with van der Waals surface area (Å²) in [7, 11) is 6.28. The second-order valence-electron chi connectivity index (χ2n) is 6.08. The van der Waals surface area contributed by atoms with Crippen molar-refractivity contribution in [2.75, 3.05) is 0 Å². The van der Waals surface area contributed by atoms with Crippen LogP contribution in [0.2, 0.25) is 0 Å². The zero-order valence-corrected chi connectivity index (χ0v) is 14.2. The highest BCUT2D eigenvalue weighted by Gasteiger charge is 2.29. The molecule has 0 amide bonds. The lowest BCUT2D eigenvalue weighted by Gasteiger charge is -2.00. The molecule has 4 rings (SSSR count). The number of pyridine rings is 2. The molecule has 1 aromatic carbocycles. The van der Waals surface area contributed by atoms with Crippen LogP contribution >= 0.6 is 0 Å². The van der Waals surface area contributed by atoms with Crippen molar-refractivity contribution in [3.8, 4) is 17.2 Å². The van der Waals surface area contributed by atoms with Crippen molar-refractivity contribution in [3.63, 3.8) is 0 Å². The highest BCUT2D eigenvalue weighted by atomic mass is 15.4. The van der Waals surface area contributed by atoms with Gasteiger partial charge in [-0.3, -0.25) is 0 Å². The summed E-state index contributed by atoms with van der Waals surface area (Å²) in [4.78, 5) is 0. The first-order chi connectivity index (χ1) is 11.7. The summed E-state index contributed by atoms with van der Waals surface area (Å²) in [5, 5.41) is 1.23. The molecule has 0 aliphatic heterocycles. The molecule has 24 heavy (non-hydrogen) atoms. The molecule has 3 heterocycles. The fraction of sp³-hybridized carbons (Fsp3) is 0.150. The lowest BCUT2D eigenvalue weighted by atomic mass is 10.2. The lowest BCUT2D eigenvalue weighted by Crippen LogP contribution is -2.52. The minimum atomic E-state index is 1.12. The Morgan fingerprint density at radius 1 is 0.792 bits per heavy atom. The third-order valence-corrected chi connectivity index (χ3v) is 4.63. The van der Waals surface area contributed by atoms with E-state index < -0.39 is 0 Å². The molecule has 0 aliphatic rings. The van der Waals surface area contributed by atoms with Gasteiger partial charge >= 0.3 is 5.82 Å². The summed E-state index contributed by atoms with van der Waals surface area (Å²) in [6.07, 6.45) is 4.26. The van der Waals surface area contributed by atoms with Crippen molar-refractivity contribution < 1.29 is 13.8 Å². The summed E-state index contributed by atoms with van der Waals surface area (Å²) in [5.74, 6) is 1.12. The molecule has 0 spiro atoms. The average molecular weight is 317 g/mol. The Labute approximate surface area is 141 Å². The standard InChI is InChI=1S/C20H21N4/c1-21-14-7-6-11-18(21)19-12-8-13-20(22(19)2)24-15-16-9-4-5-10-17(16)23(24)3/h4-15H,1-3H3/q+3. The van der Waals surface area contributed by atoms with Crippen molar-refractivity contribution in [2.24, 2.45) is 21.1 Å². The molecule has 118 valence electrons. The van der Waals surface area contributed by atoms with Crippen LogP contribution in [0.4, 0.5) is 0 Å². The fourth-order valence-corrected chi connectivity index (χ4v) is 3.29. The van der Waals surface area contributed by atoms with Crippen LogP contribution in [0.15, 0.2) is 73.1 Å². The third-order valence-electron chi connectivity index (χ3n) is 4.63. The van der Waals surface area contributed by atoms with Crippen LogP contribution in [-0.4, -0.2) is 4.68 Å². The van der Waals surface area contributed by atoms with Gasteiger partial charge in [-0.15, -0.1) is 9.25 Å². The van der Waals surface area contributed by atoms with Crippen LogP contribution in [0.3, 0.4) is 0 Å². The maximum atomic E-state index is 2.23. The van der Waals surface area contributed by atoms with Crippen molar-refractivity contribution in [1.29, 1.82) is 0 Å². The Morgan fingerprint density at radius 2 is 1.54 bits per heavy atom. The molecule has 4 heteroatoms. The van der Waals surface area contributed by atoms with Crippen LogP contribution in [0, 0.1) is 0 Å². The fourth-order valence-electron chi connectivity index (χ4n) is 3.29. The molecule has 0 radical (unpaired) electrons. The van der Waals surface area contributed by atoms with Crippen LogP contribution in [0.1, 0.15) is 0 Å². The summed E-state index contributed by atoms with van der Waals surface area (Å²) < 4.78 is 8.75. The Bertz CT molecular complexity index is 1050. The zero-order chi connectivity index (χ0) is 16.7. The van der Waals surface area contributed by atoms with Crippen molar-refractivity contribution in [2.45, 2.75) is 0 Å². The van der Waals surface area contributed by atoms with Gasteiger partial charge in [-0.05, 0) is 28.9 Å². The first kappa shape index (κ1) is 14.6. The summed E-state index contributed by atoms with van der Waals surface area (Å²) >= 11 is 0. The van der Waals surface area contributed by atoms with Gasteiger partial charge < -0.3 is 0 Å². The number of rotatable bonds is 2. The van der Waals surface area contributed by atoms with Gasteiger partial charge in [0.1, 0.15) is 19.6 Å². The molecule has 0 aliphatic carbocycles. The maximum absolute atomic E-state index is 2.23. The molecule has 0 N–H and O–H groups in total. The van der Waals surface area contributed by atoms with Crippen LogP contribution < -0.4 is 13.8 Å². The highest BCUT2D eigenvalue weighted by Crippen LogP contribution is 2.13. The zero-order valence-electron chi connectivity index (χ0n) is 14.2. The number of para-hydroxylation sites is 1. The van der Waals surface area contributed by atoms with Gasteiger partial charge in [0.2, 0.25) is 6.20 Å². The van der Waals surface area contributed by atoms with Crippen molar-refractivity contribution in [1.82, 2.24) is 4.68 Å². The number of benzene rings is 1. The van der Waals surface area contributed by atoms with Gasteiger partial charge in [0.15, 0.2) is 6.20 Å². The molecule has 0 saturated carbocycles. The topological polar surface area (TPSA) is 16.6 Å². The largest absolute Gasteiger partial charge is 0.472 e. The van der Waals surface area contributed by atoms with Gasteiger partial charge in [-0.25, -0.2) is 0 Å². The molecular formula is C20H21N4+3. The minimum Gasteiger partial charge on any atom is -0.196 e. The van der Waals surface area contributed by atoms with Crippen LogP contribution in [0.5, 0.6) is 0 Å². The minimum absolute atomic E-state index is 1.12. The van der Waals surface area contributed by atoms with E-state index in [1.165, 1.54) is 22.3 Å². The molecule has 3 aromatic heterocycles. The van der Waals surface area contributed by atoms with Gasteiger partial charge in [-0.2, -0.15) is 4.57 Å². The van der Waals surface area contributed by atoms with Crippen molar-refractivity contribution >= 4 is 10.9 Å². The maximum Gasteiger partial charge on any atom is 0.472 e. The van der Waals surface area contributed by atoms with E-state index in [1.807, 2.05) is 6.07 Å². The quantitative estimate of drug-likeness (QED) is 0.501. The Balaban J connectivity index is 1.95. The Morgan fingerprint density at radius 3 is 2.33 bits per heavy atom. The van der Waals surface area contributed by atoms with E-state index in [0.29, 0.717) is 0 Å². The third kappa shape index (κ3) is 2.19. The van der Waals surface area contributed by atoms with E-state index in [0.717, 1.165) is 5.82 Å². The van der Waals surface area contributed by atoms with Crippen LogP contribution in [0.25, 0.3) is 28.1 Å². The number of hydrogen-bond acceptors (Lipinski definition) is 0. The van der Waals surface area contributed by atoms with Gasteiger partial charge in [0.05, 0.1) is 18.5 Å². The molecule has 4 nitrogen and oxygen atoms in total. The molecule has 0 unspecified atom stereocenters. The number of hydrogen-bond donors (Lipinski definition) is 0. The summed E-state index contributed by atoms with van der Waals surface area (Å²) in [5.41, 5.74) is 3.57. The molecular weight excluding hydrogens is 296 g/mol. The van der Waals surface area contributed by atoms with E-state index >= 15 is 0 Å². The van der Waals surface area contributed by atoms with Gasteiger partial charge in [0.25, 0.3) is 11.4 Å². The van der Waals surface area contributed by atoms with E-state index in [9.17, 15) is 0 Å². The van der Waals surface area contributed by atoms with Crippen LogP contribution in [-0.2, 0) is 21.1 Å². The smallest absolute Gasteiger partial charge is 0.196 e. The van der Waals surface area contributed by atoms with Gasteiger partial charge in [0, 0.05) is 18.2 Å². The first-order valence-electron chi connectivity index (χ1n) is 8.07. The number of aromatic nitrogens is 4. The lowest BCUT2D eigenvalue weighted by molar-refractivity contribution is -0.810. The van der Waals surface area contributed by atoms with E-state index in [4.69, 9.17) is 0 Å². The first-order valence-corrected chi connectivity index (χ1v) is 8.07. The monoisotopic (exact) mass is 317 g/mol. The predicted molar refractivity (Wildman–Crippen MR) is 92.2 cm³/mol. The molecule has 0 saturated heterocycles. The highest BCUT2D eigenvalue weighted by molar-refractivity contribution is 5.77. The SMILES string of the molecule is Cn1c2ccccc2c[n+]1-c1cccc(-c2cccc[n+]2C)[n+]1C. The second kappa shape index (κ2) is 5.57. The predicted octanol–water partition coefficient (Wildman–Crippen LogP) is 1.77. The number of fused-ring (bicyclic) bond motifs is 1. The van der Waals surface area contributed by atoms with Crippen molar-refractivity contribution in [3.05, 3.63) is 73.1 Å². The number of nitrogens with zero attached hydrogens (tertiary/aromatic N) is 4. The Kier molecular flexibility index (Phi) is 3.38. The second-order valence-corrected chi connectivity index (χ2v) is 6.08. The molecule has 4 aromatic rings. The molecule has 0 atom stereocenters. The van der Waals surface area contributed by atoms with E-state index in [-0.39, 0.29) is 0 Å². The number of aryl methyl sites for hydroxylation is 2.